The van der Waals surface area contributed by atoms with Gasteiger partial charge in [0, 0.05) is 25.7 Å². The molecule has 2 N–H and O–H groups in total. The van der Waals surface area contributed by atoms with E-state index in [2.05, 4.69) is 34.6 Å². The predicted molar refractivity (Wildman–Crippen MR) is 71.0 cm³/mol. The van der Waals surface area contributed by atoms with Crippen LogP contribution in [-0.2, 0) is 9.47 Å². The van der Waals surface area contributed by atoms with E-state index in [1.54, 1.807) is 7.11 Å². The number of methoxy groups -OCH3 is 1. The number of nitrogens with two attached hydrogens (primary N) is 1. The molecule has 0 aromatic carbocycles. The highest BCUT2D eigenvalue weighted by atomic mass is 16.5. The van der Waals surface area contributed by atoms with E-state index in [-0.39, 0.29) is 17.2 Å². The first-order valence-electron chi connectivity index (χ1n) is 6.62. The Morgan fingerprint density at radius 2 is 1.94 bits per heavy atom. The van der Waals surface area contributed by atoms with Crippen LogP contribution < -0.4 is 5.73 Å². The van der Waals surface area contributed by atoms with Gasteiger partial charge in [-0.3, -0.25) is 0 Å². The fourth-order valence-electron chi connectivity index (χ4n) is 3.25. The van der Waals surface area contributed by atoms with E-state index in [0.29, 0.717) is 11.8 Å². The van der Waals surface area contributed by atoms with Crippen molar-refractivity contribution in [2.45, 2.75) is 64.7 Å². The quantitative estimate of drug-likeness (QED) is 0.807. The van der Waals surface area contributed by atoms with Gasteiger partial charge in [-0.15, -0.1) is 0 Å². The smallest absolute Gasteiger partial charge is 0.0677 e. The van der Waals surface area contributed by atoms with Crippen molar-refractivity contribution in [3.63, 3.8) is 0 Å². The first-order valence-corrected chi connectivity index (χ1v) is 6.62. The molecule has 3 heteroatoms. The van der Waals surface area contributed by atoms with E-state index in [4.69, 9.17) is 15.2 Å². The van der Waals surface area contributed by atoms with E-state index in [1.165, 1.54) is 0 Å². The van der Waals surface area contributed by atoms with Crippen molar-refractivity contribution in [3.8, 4) is 0 Å². The maximum absolute atomic E-state index is 6.37. The van der Waals surface area contributed by atoms with Crippen LogP contribution in [0.15, 0.2) is 0 Å². The van der Waals surface area contributed by atoms with Crippen LogP contribution in [-0.4, -0.2) is 31.0 Å². The number of hydrogen-bond donors (Lipinski definition) is 1. The van der Waals surface area contributed by atoms with Gasteiger partial charge in [0.05, 0.1) is 11.2 Å². The molecule has 0 amide bonds. The van der Waals surface area contributed by atoms with Crippen molar-refractivity contribution < 1.29 is 9.47 Å². The second-order valence-electron chi connectivity index (χ2n) is 6.74. The molecule has 1 aliphatic rings. The van der Waals surface area contributed by atoms with E-state index in [0.717, 1.165) is 19.4 Å². The fourth-order valence-corrected chi connectivity index (χ4v) is 3.25. The Labute approximate surface area is 106 Å². The lowest BCUT2D eigenvalue weighted by Gasteiger charge is -2.32. The van der Waals surface area contributed by atoms with Crippen LogP contribution in [0.3, 0.4) is 0 Å². The number of hydrogen-bond acceptors (Lipinski definition) is 3. The normalized spacial score (nSPS) is 30.2. The maximum Gasteiger partial charge on any atom is 0.0677 e. The van der Waals surface area contributed by atoms with Crippen LogP contribution in [0.2, 0.25) is 0 Å². The first-order chi connectivity index (χ1) is 7.68. The first kappa shape index (κ1) is 14.9. The summed E-state index contributed by atoms with van der Waals surface area (Å²) in [6, 6.07) is 0.192. The van der Waals surface area contributed by atoms with E-state index in [1.807, 2.05) is 0 Å². The van der Waals surface area contributed by atoms with Crippen LogP contribution in [0.1, 0.15) is 47.5 Å². The third-order valence-corrected chi connectivity index (χ3v) is 3.79. The highest BCUT2D eigenvalue weighted by Gasteiger charge is 2.48. The summed E-state index contributed by atoms with van der Waals surface area (Å²) < 4.78 is 11.3. The summed E-state index contributed by atoms with van der Waals surface area (Å²) in [7, 11) is 1.74. The average Bonchev–Trinajstić information content (AvgIpc) is 2.34. The van der Waals surface area contributed by atoms with Gasteiger partial charge in [0.1, 0.15) is 0 Å². The van der Waals surface area contributed by atoms with E-state index >= 15 is 0 Å². The van der Waals surface area contributed by atoms with Gasteiger partial charge in [-0.2, -0.15) is 0 Å². The van der Waals surface area contributed by atoms with Gasteiger partial charge < -0.3 is 15.2 Å². The molecule has 0 bridgehead atoms. The standard InChI is InChI=1S/C14H29NO2/c1-10(9-16-6)7-12(15)11-8-13(2,3)17-14(11,4)5/h10-12H,7-9,15H2,1-6H3. The molecule has 3 atom stereocenters. The van der Waals surface area contributed by atoms with E-state index < -0.39 is 0 Å². The molecule has 3 unspecified atom stereocenters. The third-order valence-electron chi connectivity index (χ3n) is 3.79. The van der Waals surface area contributed by atoms with Crippen molar-refractivity contribution in [2.75, 3.05) is 13.7 Å². The molecule has 1 saturated heterocycles. The maximum atomic E-state index is 6.37. The van der Waals surface area contributed by atoms with Gasteiger partial charge in [0.15, 0.2) is 0 Å². The van der Waals surface area contributed by atoms with Crippen LogP contribution in [0.25, 0.3) is 0 Å². The lowest BCUT2D eigenvalue weighted by molar-refractivity contribution is -0.0772. The lowest BCUT2D eigenvalue weighted by Crippen LogP contribution is -2.42. The zero-order valence-corrected chi connectivity index (χ0v) is 12.2. The van der Waals surface area contributed by atoms with Gasteiger partial charge in [-0.1, -0.05) is 6.92 Å². The van der Waals surface area contributed by atoms with Gasteiger partial charge in [0.2, 0.25) is 0 Å². The van der Waals surface area contributed by atoms with E-state index in [9.17, 15) is 0 Å². The molecule has 0 aliphatic carbocycles. The highest BCUT2D eigenvalue weighted by Crippen LogP contribution is 2.44. The topological polar surface area (TPSA) is 44.5 Å². The monoisotopic (exact) mass is 243 g/mol. The molecular weight excluding hydrogens is 214 g/mol. The molecular formula is C14H29NO2. The summed E-state index contributed by atoms with van der Waals surface area (Å²) in [6.07, 6.45) is 2.04. The van der Waals surface area contributed by atoms with Crippen LogP contribution in [0, 0.1) is 11.8 Å². The Morgan fingerprint density at radius 3 is 2.35 bits per heavy atom. The Balaban J connectivity index is 2.60. The highest BCUT2D eigenvalue weighted by molar-refractivity contribution is 4.98. The fraction of sp³-hybridized carbons (Fsp3) is 1.00. The second kappa shape index (κ2) is 5.25. The molecule has 3 nitrogen and oxygen atoms in total. The van der Waals surface area contributed by atoms with Crippen molar-refractivity contribution in [3.05, 3.63) is 0 Å². The summed E-state index contributed by atoms with van der Waals surface area (Å²) in [5, 5.41) is 0. The van der Waals surface area contributed by atoms with Crippen molar-refractivity contribution in [2.24, 2.45) is 17.6 Å². The van der Waals surface area contributed by atoms with Gasteiger partial charge in [-0.05, 0) is 46.5 Å². The second-order valence-corrected chi connectivity index (χ2v) is 6.74. The molecule has 1 rings (SSSR count). The lowest BCUT2D eigenvalue weighted by atomic mass is 9.79. The molecule has 0 radical (unpaired) electrons. The predicted octanol–water partition coefficient (Wildman–Crippen LogP) is 2.58. The van der Waals surface area contributed by atoms with Crippen LogP contribution in [0.4, 0.5) is 0 Å². The Kier molecular flexibility index (Phi) is 4.61. The van der Waals surface area contributed by atoms with Crippen molar-refractivity contribution >= 4 is 0 Å². The van der Waals surface area contributed by atoms with Gasteiger partial charge in [-0.25, -0.2) is 0 Å². The third kappa shape index (κ3) is 3.94. The molecule has 17 heavy (non-hydrogen) atoms. The SMILES string of the molecule is COCC(C)CC(N)C1CC(C)(C)OC1(C)C. The number of ether oxygens (including phenoxy) is 2. The Bertz CT molecular complexity index is 251. The van der Waals surface area contributed by atoms with Crippen LogP contribution in [0.5, 0.6) is 0 Å². The number of rotatable bonds is 5. The molecule has 0 aromatic rings. The minimum atomic E-state index is -0.115. The zero-order valence-electron chi connectivity index (χ0n) is 12.2. The van der Waals surface area contributed by atoms with Crippen molar-refractivity contribution in [1.29, 1.82) is 0 Å². The van der Waals surface area contributed by atoms with Gasteiger partial charge in [0.25, 0.3) is 0 Å². The van der Waals surface area contributed by atoms with Gasteiger partial charge >= 0.3 is 0 Å². The molecule has 0 spiro atoms. The zero-order chi connectivity index (χ0) is 13.3. The summed E-state index contributed by atoms with van der Waals surface area (Å²) in [5.41, 5.74) is 6.21. The largest absolute Gasteiger partial charge is 0.384 e. The molecule has 1 aliphatic heterocycles. The Morgan fingerprint density at radius 1 is 1.35 bits per heavy atom. The molecule has 0 aromatic heterocycles. The summed E-state index contributed by atoms with van der Waals surface area (Å²) >= 11 is 0. The minimum Gasteiger partial charge on any atom is -0.384 e. The minimum absolute atomic E-state index is 0.0454. The summed E-state index contributed by atoms with van der Waals surface area (Å²) in [4.78, 5) is 0. The average molecular weight is 243 g/mol. The molecule has 1 fully saturated rings. The Hall–Kier alpha value is -0.120. The van der Waals surface area contributed by atoms with Crippen molar-refractivity contribution in [1.82, 2.24) is 0 Å². The van der Waals surface area contributed by atoms with Crippen LogP contribution >= 0.6 is 0 Å². The molecule has 102 valence electrons. The molecule has 1 heterocycles. The molecule has 0 saturated carbocycles. The summed E-state index contributed by atoms with van der Waals surface area (Å²) in [5.74, 6) is 0.936. The summed E-state index contributed by atoms with van der Waals surface area (Å²) in [6.45, 7) is 11.6.